The Hall–Kier alpha value is -1.96. The molecular weight excluding hydrogens is 316 g/mol. The van der Waals surface area contributed by atoms with E-state index in [4.69, 9.17) is 4.42 Å². The third kappa shape index (κ3) is 2.90. The molecule has 0 aliphatic carbocycles. The zero-order chi connectivity index (χ0) is 14.0. The topological polar surface area (TPSA) is 94.1 Å². The molecule has 2 rings (SSSR count). The molecule has 0 aliphatic heterocycles. The highest BCUT2D eigenvalue weighted by molar-refractivity contribution is 9.10. The molecular formula is C11H11BrN4O3. The summed E-state index contributed by atoms with van der Waals surface area (Å²) in [4.78, 5) is 18.4. The molecule has 0 spiro atoms. The van der Waals surface area contributed by atoms with Gasteiger partial charge in [-0.3, -0.25) is 10.1 Å². The number of aryl methyl sites for hydroxylation is 1. The van der Waals surface area contributed by atoms with Gasteiger partial charge in [0, 0.05) is 5.56 Å². The van der Waals surface area contributed by atoms with Crippen LogP contribution in [-0.2, 0) is 6.54 Å². The quantitative estimate of drug-likeness (QED) is 0.685. The Morgan fingerprint density at radius 3 is 2.74 bits per heavy atom. The summed E-state index contributed by atoms with van der Waals surface area (Å²) in [5.74, 6) is 1.77. The van der Waals surface area contributed by atoms with E-state index < -0.39 is 4.92 Å². The van der Waals surface area contributed by atoms with Gasteiger partial charge in [0.2, 0.25) is 5.89 Å². The lowest BCUT2D eigenvalue weighted by atomic mass is 10.2. The summed E-state index contributed by atoms with van der Waals surface area (Å²) < 4.78 is 5.87. The maximum Gasteiger partial charge on any atom is 0.291 e. The molecule has 2 aromatic rings. The number of nitro groups is 1. The minimum absolute atomic E-state index is 0.0237. The fourth-order valence-corrected chi connectivity index (χ4v) is 1.96. The molecule has 0 amide bonds. The molecule has 100 valence electrons. The number of nitrogens with zero attached hydrogens (tertiary/aromatic N) is 3. The highest BCUT2D eigenvalue weighted by Crippen LogP contribution is 2.30. The lowest BCUT2D eigenvalue weighted by Gasteiger charge is -2.07. The summed E-state index contributed by atoms with van der Waals surface area (Å²) in [6, 6.07) is 0. The van der Waals surface area contributed by atoms with Gasteiger partial charge in [0.25, 0.3) is 5.69 Å². The van der Waals surface area contributed by atoms with Crippen LogP contribution < -0.4 is 5.32 Å². The normalized spacial score (nSPS) is 10.5. The highest BCUT2D eigenvalue weighted by Gasteiger charge is 2.17. The van der Waals surface area contributed by atoms with Crippen molar-refractivity contribution in [1.29, 1.82) is 0 Å². The second-order valence-corrected chi connectivity index (χ2v) is 4.70. The van der Waals surface area contributed by atoms with Crippen molar-refractivity contribution in [3.8, 4) is 0 Å². The number of hydrogen-bond acceptors (Lipinski definition) is 6. The van der Waals surface area contributed by atoms with Crippen LogP contribution in [0.5, 0.6) is 0 Å². The summed E-state index contributed by atoms with van der Waals surface area (Å²) in [5.41, 5.74) is 0.496. The van der Waals surface area contributed by atoms with E-state index in [2.05, 4.69) is 31.2 Å². The molecule has 0 bridgehead atoms. The largest absolute Gasteiger partial charge is 0.444 e. The number of oxazole rings is 1. The number of hydrogen-bond donors (Lipinski definition) is 1. The van der Waals surface area contributed by atoms with Crippen molar-refractivity contribution < 1.29 is 9.34 Å². The van der Waals surface area contributed by atoms with E-state index in [-0.39, 0.29) is 5.69 Å². The fourth-order valence-electron chi connectivity index (χ4n) is 1.52. The van der Waals surface area contributed by atoms with Gasteiger partial charge in [0.05, 0.1) is 22.1 Å². The molecule has 0 radical (unpaired) electrons. The first-order valence-electron chi connectivity index (χ1n) is 5.43. The van der Waals surface area contributed by atoms with Crippen molar-refractivity contribution in [3.63, 3.8) is 0 Å². The third-order valence-electron chi connectivity index (χ3n) is 2.51. The molecule has 0 saturated heterocycles. The molecule has 2 aromatic heterocycles. The number of anilines is 1. The highest BCUT2D eigenvalue weighted by atomic mass is 79.9. The number of halogens is 1. The number of rotatable bonds is 4. The van der Waals surface area contributed by atoms with Crippen molar-refractivity contribution in [1.82, 2.24) is 9.97 Å². The SMILES string of the molecule is Cc1cnc(CNc2ncc([N+](=O)[O-])c(C)c2Br)o1. The van der Waals surface area contributed by atoms with Gasteiger partial charge < -0.3 is 9.73 Å². The van der Waals surface area contributed by atoms with Crippen LogP contribution in [0.25, 0.3) is 0 Å². The molecule has 1 N–H and O–H groups in total. The molecule has 0 atom stereocenters. The Bertz CT molecular complexity index is 626. The lowest BCUT2D eigenvalue weighted by Crippen LogP contribution is -2.04. The summed E-state index contributed by atoms with van der Waals surface area (Å²) in [5, 5.41) is 13.8. The first-order chi connectivity index (χ1) is 8.99. The summed E-state index contributed by atoms with van der Waals surface area (Å²) in [7, 11) is 0. The Balaban J connectivity index is 2.17. The van der Waals surface area contributed by atoms with E-state index in [1.165, 1.54) is 6.20 Å². The second-order valence-electron chi connectivity index (χ2n) is 3.91. The minimum atomic E-state index is -0.464. The van der Waals surface area contributed by atoms with Gasteiger partial charge in [0.15, 0.2) is 0 Å². The van der Waals surface area contributed by atoms with Crippen LogP contribution in [0, 0.1) is 24.0 Å². The maximum absolute atomic E-state index is 10.8. The van der Waals surface area contributed by atoms with Gasteiger partial charge >= 0.3 is 0 Å². The van der Waals surface area contributed by atoms with E-state index >= 15 is 0 Å². The monoisotopic (exact) mass is 326 g/mol. The number of nitrogens with one attached hydrogen (secondary N) is 1. The second kappa shape index (κ2) is 5.35. The molecule has 7 nitrogen and oxygen atoms in total. The third-order valence-corrected chi connectivity index (χ3v) is 3.48. The molecule has 8 heteroatoms. The first-order valence-corrected chi connectivity index (χ1v) is 6.23. The van der Waals surface area contributed by atoms with E-state index in [0.29, 0.717) is 28.3 Å². The average molecular weight is 327 g/mol. The molecule has 19 heavy (non-hydrogen) atoms. The van der Waals surface area contributed by atoms with Gasteiger partial charge in [-0.2, -0.15) is 0 Å². The van der Waals surface area contributed by atoms with Crippen LogP contribution in [-0.4, -0.2) is 14.9 Å². The van der Waals surface area contributed by atoms with Gasteiger partial charge in [-0.05, 0) is 29.8 Å². The van der Waals surface area contributed by atoms with E-state index in [0.717, 1.165) is 5.76 Å². The molecule has 0 aliphatic rings. The van der Waals surface area contributed by atoms with Crippen LogP contribution in [0.15, 0.2) is 21.3 Å². The predicted molar refractivity (Wildman–Crippen MR) is 71.9 cm³/mol. The smallest absolute Gasteiger partial charge is 0.291 e. The Labute approximate surface area is 117 Å². The molecule has 0 saturated carbocycles. The zero-order valence-corrected chi connectivity index (χ0v) is 11.9. The predicted octanol–water partition coefficient (Wildman–Crippen LogP) is 2.97. The molecule has 0 fully saturated rings. The van der Waals surface area contributed by atoms with E-state index in [9.17, 15) is 10.1 Å². The zero-order valence-electron chi connectivity index (χ0n) is 10.3. The summed E-state index contributed by atoms with van der Waals surface area (Å²) >= 11 is 3.30. The Kier molecular flexibility index (Phi) is 3.79. The van der Waals surface area contributed by atoms with Crippen molar-refractivity contribution in [2.24, 2.45) is 0 Å². The van der Waals surface area contributed by atoms with Gasteiger partial charge in [-0.25, -0.2) is 9.97 Å². The fraction of sp³-hybridized carbons (Fsp3) is 0.273. The number of aromatic nitrogens is 2. The van der Waals surface area contributed by atoms with Crippen LogP contribution in [0.3, 0.4) is 0 Å². The minimum Gasteiger partial charge on any atom is -0.444 e. The average Bonchev–Trinajstić information content (AvgIpc) is 2.76. The van der Waals surface area contributed by atoms with Crippen molar-refractivity contribution in [2.45, 2.75) is 20.4 Å². The van der Waals surface area contributed by atoms with Crippen LogP contribution in [0.2, 0.25) is 0 Å². The van der Waals surface area contributed by atoms with Crippen molar-refractivity contribution >= 4 is 27.4 Å². The van der Waals surface area contributed by atoms with Gasteiger partial charge in [-0.1, -0.05) is 0 Å². The molecule has 2 heterocycles. The Morgan fingerprint density at radius 2 is 2.16 bits per heavy atom. The lowest BCUT2D eigenvalue weighted by molar-refractivity contribution is -0.385. The van der Waals surface area contributed by atoms with Gasteiger partial charge in [-0.15, -0.1) is 0 Å². The summed E-state index contributed by atoms with van der Waals surface area (Å²) in [6.07, 6.45) is 2.85. The first kappa shape index (κ1) is 13.5. The molecule has 0 unspecified atom stereocenters. The van der Waals surface area contributed by atoms with Crippen molar-refractivity contribution in [2.75, 3.05) is 5.32 Å². The Morgan fingerprint density at radius 1 is 1.42 bits per heavy atom. The standard InChI is InChI=1S/C11H11BrN4O3/c1-6-3-13-9(19-6)5-15-11-10(12)7(2)8(4-14-11)16(17)18/h3-4H,5H2,1-2H3,(H,14,15). The van der Waals surface area contributed by atoms with E-state index in [1.807, 2.05) is 0 Å². The summed E-state index contributed by atoms with van der Waals surface area (Å²) in [6.45, 7) is 3.82. The number of pyridine rings is 1. The van der Waals surface area contributed by atoms with Gasteiger partial charge in [0.1, 0.15) is 17.8 Å². The van der Waals surface area contributed by atoms with E-state index in [1.54, 1.807) is 20.0 Å². The van der Waals surface area contributed by atoms with Crippen LogP contribution in [0.4, 0.5) is 11.5 Å². The maximum atomic E-state index is 10.8. The van der Waals surface area contributed by atoms with Crippen LogP contribution >= 0.6 is 15.9 Å². The van der Waals surface area contributed by atoms with Crippen LogP contribution in [0.1, 0.15) is 17.2 Å². The van der Waals surface area contributed by atoms with Crippen molar-refractivity contribution in [3.05, 3.63) is 44.2 Å². The molecule has 0 aromatic carbocycles.